The summed E-state index contributed by atoms with van der Waals surface area (Å²) in [5.74, 6) is 0.255. The molecule has 2 heterocycles. The molecule has 0 unspecified atom stereocenters. The molecule has 0 bridgehead atoms. The molecule has 2 rings (SSSR count). The predicted molar refractivity (Wildman–Crippen MR) is 61.8 cm³/mol. The van der Waals surface area contributed by atoms with Crippen LogP contribution in [0.25, 0.3) is 0 Å². The van der Waals surface area contributed by atoms with E-state index in [4.69, 9.17) is 23.2 Å². The van der Waals surface area contributed by atoms with Gasteiger partial charge in [0.15, 0.2) is 10.3 Å². The highest BCUT2D eigenvalue weighted by Gasteiger charge is 2.13. The van der Waals surface area contributed by atoms with Crippen LogP contribution in [0.1, 0.15) is 16.2 Å². The molecule has 1 amide bonds. The number of amides is 1. The van der Waals surface area contributed by atoms with Crippen LogP contribution >= 0.6 is 23.2 Å². The zero-order valence-corrected chi connectivity index (χ0v) is 9.96. The van der Waals surface area contributed by atoms with Crippen LogP contribution in [-0.4, -0.2) is 26.1 Å². The third-order valence-electron chi connectivity index (χ3n) is 1.93. The quantitative estimate of drug-likeness (QED) is 0.885. The Labute approximate surface area is 106 Å². The van der Waals surface area contributed by atoms with Crippen molar-refractivity contribution in [1.29, 1.82) is 0 Å². The summed E-state index contributed by atoms with van der Waals surface area (Å²) in [6, 6.07) is 1.36. The van der Waals surface area contributed by atoms with E-state index in [1.165, 1.54) is 6.07 Å². The van der Waals surface area contributed by atoms with Crippen molar-refractivity contribution in [3.05, 3.63) is 40.2 Å². The van der Waals surface area contributed by atoms with Gasteiger partial charge < -0.3 is 10.3 Å². The molecule has 2 aromatic rings. The summed E-state index contributed by atoms with van der Waals surface area (Å²) >= 11 is 11.4. The van der Waals surface area contributed by atoms with Gasteiger partial charge in [-0.25, -0.2) is 4.98 Å². The van der Waals surface area contributed by atoms with Gasteiger partial charge >= 0.3 is 0 Å². The first-order valence-electron chi connectivity index (χ1n) is 4.62. The van der Waals surface area contributed by atoms with E-state index in [9.17, 15) is 4.79 Å². The molecular weight excluding hydrogens is 265 g/mol. The Hall–Kier alpha value is -1.66. The van der Waals surface area contributed by atoms with Crippen molar-refractivity contribution in [3.63, 3.8) is 0 Å². The number of aromatic nitrogens is 4. The fourth-order valence-corrected chi connectivity index (χ4v) is 1.49. The van der Waals surface area contributed by atoms with Gasteiger partial charge in [0.1, 0.15) is 5.82 Å². The second-order valence-electron chi connectivity index (χ2n) is 3.09. The first-order valence-corrected chi connectivity index (χ1v) is 5.37. The molecule has 0 atom stereocenters. The zero-order valence-electron chi connectivity index (χ0n) is 8.44. The predicted octanol–water partition coefficient (Wildman–Crippen LogP) is 1.44. The molecule has 0 aliphatic carbocycles. The van der Waals surface area contributed by atoms with Crippen LogP contribution in [0.3, 0.4) is 0 Å². The summed E-state index contributed by atoms with van der Waals surface area (Å²) in [6.07, 6.45) is 3.26. The number of halogens is 2. The number of hydrogen-bond acceptors (Lipinski definition) is 4. The topological polar surface area (TPSA) is 83.6 Å². The SMILES string of the molecule is O=C(NCc1ncc[nH]1)c1cc(Cl)nnc1Cl. The molecule has 88 valence electrons. The Kier molecular flexibility index (Phi) is 3.55. The van der Waals surface area contributed by atoms with Crippen molar-refractivity contribution in [2.24, 2.45) is 0 Å². The van der Waals surface area contributed by atoms with Crippen molar-refractivity contribution in [3.8, 4) is 0 Å². The molecule has 0 aliphatic rings. The molecule has 8 heteroatoms. The number of hydrogen-bond donors (Lipinski definition) is 2. The van der Waals surface area contributed by atoms with Crippen LogP contribution in [0.4, 0.5) is 0 Å². The lowest BCUT2D eigenvalue weighted by Crippen LogP contribution is -2.24. The second kappa shape index (κ2) is 5.11. The van der Waals surface area contributed by atoms with E-state index < -0.39 is 0 Å². The fraction of sp³-hybridized carbons (Fsp3) is 0.111. The lowest BCUT2D eigenvalue weighted by molar-refractivity contribution is 0.0949. The second-order valence-corrected chi connectivity index (χ2v) is 3.84. The standard InChI is InChI=1S/C9H7Cl2N5O/c10-6-3-5(8(11)16-15-6)9(17)14-4-7-12-1-2-13-7/h1-3H,4H2,(H,12,13)(H,14,17). The average Bonchev–Trinajstić information content (AvgIpc) is 2.82. The van der Waals surface area contributed by atoms with Crippen molar-refractivity contribution in [1.82, 2.24) is 25.5 Å². The van der Waals surface area contributed by atoms with Gasteiger partial charge in [-0.2, -0.15) is 0 Å². The smallest absolute Gasteiger partial charge is 0.254 e. The summed E-state index contributed by atoms with van der Waals surface area (Å²) < 4.78 is 0. The Balaban J connectivity index is 2.07. The summed E-state index contributed by atoms with van der Waals surface area (Å²) in [5.41, 5.74) is 0.179. The number of aromatic amines is 1. The third-order valence-corrected chi connectivity index (χ3v) is 2.40. The highest BCUT2D eigenvalue weighted by Crippen LogP contribution is 2.15. The van der Waals surface area contributed by atoms with E-state index in [0.29, 0.717) is 5.82 Å². The molecule has 0 saturated heterocycles. The van der Waals surface area contributed by atoms with Gasteiger partial charge in [0.2, 0.25) is 0 Å². The number of imidazole rings is 1. The van der Waals surface area contributed by atoms with E-state index in [0.717, 1.165) is 0 Å². The molecule has 0 spiro atoms. The largest absolute Gasteiger partial charge is 0.347 e. The van der Waals surface area contributed by atoms with Gasteiger partial charge in [-0.15, -0.1) is 10.2 Å². The molecule has 2 aromatic heterocycles. The van der Waals surface area contributed by atoms with Crippen molar-refractivity contribution < 1.29 is 4.79 Å². The van der Waals surface area contributed by atoms with E-state index in [2.05, 4.69) is 25.5 Å². The summed E-state index contributed by atoms with van der Waals surface area (Å²) in [4.78, 5) is 18.6. The molecule has 0 fully saturated rings. The molecular formula is C9H7Cl2N5O. The minimum atomic E-state index is -0.386. The first-order chi connectivity index (χ1) is 8.16. The molecule has 6 nitrogen and oxygen atoms in total. The van der Waals surface area contributed by atoms with Gasteiger partial charge in [-0.3, -0.25) is 4.79 Å². The molecule has 0 saturated carbocycles. The Morgan fingerprint density at radius 2 is 2.24 bits per heavy atom. The molecule has 2 N–H and O–H groups in total. The van der Waals surface area contributed by atoms with Crippen LogP contribution in [0.2, 0.25) is 10.3 Å². The summed E-state index contributed by atoms with van der Waals surface area (Å²) in [5, 5.41) is 9.80. The van der Waals surface area contributed by atoms with Crippen LogP contribution in [0.5, 0.6) is 0 Å². The van der Waals surface area contributed by atoms with Crippen molar-refractivity contribution in [2.75, 3.05) is 0 Å². The van der Waals surface area contributed by atoms with Crippen LogP contribution < -0.4 is 5.32 Å². The Bertz CT molecular complexity index is 528. The van der Waals surface area contributed by atoms with Gasteiger partial charge in [-0.1, -0.05) is 23.2 Å². The number of carbonyl (C=O) groups is 1. The zero-order chi connectivity index (χ0) is 12.3. The fourth-order valence-electron chi connectivity index (χ4n) is 1.17. The maximum absolute atomic E-state index is 11.7. The van der Waals surface area contributed by atoms with E-state index >= 15 is 0 Å². The average molecular weight is 272 g/mol. The van der Waals surface area contributed by atoms with Crippen LogP contribution in [0, 0.1) is 0 Å². The van der Waals surface area contributed by atoms with E-state index in [1.54, 1.807) is 12.4 Å². The number of H-pyrrole nitrogens is 1. The minimum Gasteiger partial charge on any atom is -0.347 e. The van der Waals surface area contributed by atoms with E-state index in [1.807, 2.05) is 0 Å². The third kappa shape index (κ3) is 2.92. The lowest BCUT2D eigenvalue weighted by atomic mass is 10.3. The molecule has 0 aliphatic heterocycles. The number of rotatable bonds is 3. The number of nitrogens with one attached hydrogen (secondary N) is 2. The maximum atomic E-state index is 11.7. The molecule has 0 radical (unpaired) electrons. The highest BCUT2D eigenvalue weighted by molar-refractivity contribution is 6.34. The molecule has 0 aromatic carbocycles. The number of nitrogens with zero attached hydrogens (tertiary/aromatic N) is 3. The Morgan fingerprint density at radius 1 is 1.41 bits per heavy atom. The van der Waals surface area contributed by atoms with Crippen molar-refractivity contribution in [2.45, 2.75) is 6.54 Å². The summed E-state index contributed by atoms with van der Waals surface area (Å²) in [7, 11) is 0. The molecule has 17 heavy (non-hydrogen) atoms. The van der Waals surface area contributed by atoms with Crippen LogP contribution in [-0.2, 0) is 6.54 Å². The maximum Gasteiger partial charge on any atom is 0.254 e. The van der Waals surface area contributed by atoms with Gasteiger partial charge in [0.05, 0.1) is 12.1 Å². The van der Waals surface area contributed by atoms with Gasteiger partial charge in [0, 0.05) is 12.4 Å². The monoisotopic (exact) mass is 271 g/mol. The van der Waals surface area contributed by atoms with Crippen LogP contribution in [0.15, 0.2) is 18.5 Å². The Morgan fingerprint density at radius 3 is 2.94 bits per heavy atom. The normalized spacial score (nSPS) is 10.2. The first kappa shape index (κ1) is 11.8. The van der Waals surface area contributed by atoms with Gasteiger partial charge in [-0.05, 0) is 6.07 Å². The van der Waals surface area contributed by atoms with Gasteiger partial charge in [0.25, 0.3) is 5.91 Å². The van der Waals surface area contributed by atoms with Crippen molar-refractivity contribution >= 4 is 29.1 Å². The summed E-state index contributed by atoms with van der Waals surface area (Å²) in [6.45, 7) is 0.266. The minimum absolute atomic E-state index is 0.00587. The van der Waals surface area contributed by atoms with E-state index in [-0.39, 0.29) is 28.3 Å². The number of carbonyl (C=O) groups excluding carboxylic acids is 1. The highest BCUT2D eigenvalue weighted by atomic mass is 35.5. The lowest BCUT2D eigenvalue weighted by Gasteiger charge is -2.04.